The molecule has 0 amide bonds. The van der Waals surface area contributed by atoms with Crippen LogP contribution in [0.1, 0.15) is 29.1 Å². The lowest BCUT2D eigenvalue weighted by Gasteiger charge is -2.11. The molecule has 0 saturated heterocycles. The topological polar surface area (TPSA) is 24.9 Å². The van der Waals surface area contributed by atoms with Crippen LogP contribution in [0.5, 0.6) is 0 Å². The van der Waals surface area contributed by atoms with Crippen LogP contribution < -0.4 is 5.32 Å². The number of alkyl halides is 3. The van der Waals surface area contributed by atoms with Gasteiger partial charge in [-0.05, 0) is 39.1 Å². The summed E-state index contributed by atoms with van der Waals surface area (Å²) >= 11 is 1.19. The quantitative estimate of drug-likeness (QED) is 0.839. The van der Waals surface area contributed by atoms with Crippen molar-refractivity contribution < 1.29 is 17.6 Å². The molecule has 2 rings (SSSR count). The highest BCUT2D eigenvalue weighted by atomic mass is 32.1. The summed E-state index contributed by atoms with van der Waals surface area (Å²) in [5.41, 5.74) is -0.416. The van der Waals surface area contributed by atoms with E-state index >= 15 is 0 Å². The summed E-state index contributed by atoms with van der Waals surface area (Å²) < 4.78 is 52.3. The van der Waals surface area contributed by atoms with Crippen molar-refractivity contribution in [2.24, 2.45) is 0 Å². The third-order valence-corrected chi connectivity index (χ3v) is 4.55. The summed E-state index contributed by atoms with van der Waals surface area (Å²) in [6.07, 6.45) is -4.62. The molecule has 7 heteroatoms. The van der Waals surface area contributed by atoms with Crippen LogP contribution in [0, 0.1) is 12.7 Å². The van der Waals surface area contributed by atoms with Gasteiger partial charge in [0.25, 0.3) is 0 Å². The molecule has 1 unspecified atom stereocenters. The molecule has 114 valence electrons. The van der Waals surface area contributed by atoms with Gasteiger partial charge in [0.1, 0.15) is 10.8 Å². The van der Waals surface area contributed by atoms with Gasteiger partial charge in [0.05, 0.1) is 11.3 Å². The molecule has 0 fully saturated rings. The smallest absolute Gasteiger partial charge is 0.312 e. The first-order valence-electron chi connectivity index (χ1n) is 6.25. The van der Waals surface area contributed by atoms with Crippen molar-refractivity contribution in [1.82, 2.24) is 10.3 Å². The Balaban J connectivity index is 2.57. The van der Waals surface area contributed by atoms with Crippen LogP contribution in [0.2, 0.25) is 0 Å². The van der Waals surface area contributed by atoms with E-state index in [1.54, 1.807) is 14.0 Å². The van der Waals surface area contributed by atoms with E-state index in [1.807, 2.05) is 6.92 Å². The van der Waals surface area contributed by atoms with Gasteiger partial charge in [0, 0.05) is 16.5 Å². The van der Waals surface area contributed by atoms with Gasteiger partial charge in [-0.1, -0.05) is 0 Å². The Morgan fingerprint density at radius 2 is 1.95 bits per heavy atom. The molecule has 2 aromatic rings. The average molecular weight is 318 g/mol. The Morgan fingerprint density at radius 1 is 1.29 bits per heavy atom. The van der Waals surface area contributed by atoms with Crippen molar-refractivity contribution in [3.05, 3.63) is 40.2 Å². The summed E-state index contributed by atoms with van der Waals surface area (Å²) in [6.45, 7) is 3.65. The third kappa shape index (κ3) is 3.24. The molecule has 1 heterocycles. The number of aromatic nitrogens is 1. The Morgan fingerprint density at radius 3 is 2.52 bits per heavy atom. The highest BCUT2D eigenvalue weighted by molar-refractivity contribution is 7.15. The van der Waals surface area contributed by atoms with Crippen molar-refractivity contribution in [2.75, 3.05) is 7.05 Å². The van der Waals surface area contributed by atoms with E-state index in [0.29, 0.717) is 11.8 Å². The van der Waals surface area contributed by atoms with E-state index in [0.717, 1.165) is 17.0 Å². The molecule has 21 heavy (non-hydrogen) atoms. The molecule has 0 bridgehead atoms. The van der Waals surface area contributed by atoms with E-state index in [4.69, 9.17) is 0 Å². The molecule has 0 saturated carbocycles. The highest BCUT2D eigenvalue weighted by Crippen LogP contribution is 2.40. The number of hydrogen-bond acceptors (Lipinski definition) is 3. The van der Waals surface area contributed by atoms with Gasteiger partial charge in [-0.2, -0.15) is 13.2 Å². The van der Waals surface area contributed by atoms with Crippen molar-refractivity contribution >= 4 is 11.3 Å². The third-order valence-electron chi connectivity index (χ3n) is 3.18. The molecule has 2 nitrogen and oxygen atoms in total. The minimum atomic E-state index is -4.62. The van der Waals surface area contributed by atoms with Crippen LogP contribution in [-0.4, -0.2) is 12.0 Å². The van der Waals surface area contributed by atoms with Gasteiger partial charge in [0.15, 0.2) is 0 Å². The molecule has 1 atom stereocenters. The average Bonchev–Trinajstić information content (AvgIpc) is 2.78. The fraction of sp³-hybridized carbons (Fsp3) is 0.357. The van der Waals surface area contributed by atoms with Crippen molar-refractivity contribution in [3.8, 4) is 10.6 Å². The van der Waals surface area contributed by atoms with Gasteiger partial charge < -0.3 is 5.32 Å². The zero-order chi connectivity index (χ0) is 15.8. The molecule has 0 radical (unpaired) electrons. The first-order chi connectivity index (χ1) is 9.74. The normalized spacial score (nSPS) is 13.5. The predicted octanol–water partition coefficient (Wildman–Crippen LogP) is 4.56. The summed E-state index contributed by atoms with van der Waals surface area (Å²) in [5.74, 6) is -0.914. The maximum absolute atomic E-state index is 13.1. The molecule has 0 aliphatic heterocycles. The van der Waals surface area contributed by atoms with E-state index in [-0.39, 0.29) is 16.6 Å². The summed E-state index contributed by atoms with van der Waals surface area (Å²) in [7, 11) is 1.77. The molecular weight excluding hydrogens is 304 g/mol. The fourth-order valence-corrected chi connectivity index (χ4v) is 3.16. The Hall–Kier alpha value is -1.47. The van der Waals surface area contributed by atoms with E-state index < -0.39 is 17.6 Å². The zero-order valence-electron chi connectivity index (χ0n) is 11.7. The molecule has 0 aliphatic carbocycles. The Bertz CT molecular complexity index is 649. The van der Waals surface area contributed by atoms with E-state index in [2.05, 4.69) is 10.3 Å². The van der Waals surface area contributed by atoms with Crippen molar-refractivity contribution in [1.29, 1.82) is 0 Å². The number of rotatable bonds is 3. The summed E-state index contributed by atoms with van der Waals surface area (Å²) in [6, 6.07) is 2.64. The molecule has 1 aromatic heterocycles. The van der Waals surface area contributed by atoms with E-state index in [1.165, 1.54) is 11.3 Å². The number of nitrogens with zero attached hydrogens (tertiary/aromatic N) is 1. The lowest BCUT2D eigenvalue weighted by atomic mass is 10.1. The number of hydrogen-bond donors (Lipinski definition) is 1. The lowest BCUT2D eigenvalue weighted by Crippen LogP contribution is -2.11. The monoisotopic (exact) mass is 318 g/mol. The van der Waals surface area contributed by atoms with Crippen LogP contribution >= 0.6 is 11.3 Å². The molecule has 0 spiro atoms. The summed E-state index contributed by atoms with van der Waals surface area (Å²) in [4.78, 5) is 5.08. The number of thiazole rings is 1. The first-order valence-corrected chi connectivity index (χ1v) is 7.07. The number of nitrogens with one attached hydrogen (secondary N) is 1. The van der Waals surface area contributed by atoms with Crippen molar-refractivity contribution in [2.45, 2.75) is 26.1 Å². The van der Waals surface area contributed by atoms with Crippen LogP contribution in [-0.2, 0) is 6.18 Å². The SMILES string of the molecule is CNC(C)c1sc(-c2ccc(F)cc2C(F)(F)F)nc1C. The van der Waals surface area contributed by atoms with Crippen LogP contribution in [0.3, 0.4) is 0 Å². The first kappa shape index (κ1) is 15.9. The number of halogens is 4. The van der Waals surface area contributed by atoms with Gasteiger partial charge >= 0.3 is 6.18 Å². The molecule has 1 N–H and O–H groups in total. The van der Waals surface area contributed by atoms with Crippen LogP contribution in [0.15, 0.2) is 18.2 Å². The highest BCUT2D eigenvalue weighted by Gasteiger charge is 2.35. The predicted molar refractivity (Wildman–Crippen MR) is 74.7 cm³/mol. The molecular formula is C14H14F4N2S. The summed E-state index contributed by atoms with van der Waals surface area (Å²) in [5, 5.41) is 3.28. The maximum Gasteiger partial charge on any atom is 0.417 e. The largest absolute Gasteiger partial charge is 0.417 e. The van der Waals surface area contributed by atoms with Gasteiger partial charge in [0.2, 0.25) is 0 Å². The van der Waals surface area contributed by atoms with Crippen molar-refractivity contribution in [3.63, 3.8) is 0 Å². The second-order valence-corrected chi connectivity index (χ2v) is 5.70. The Labute approximate surface area is 123 Å². The molecule has 0 aliphatic rings. The van der Waals surface area contributed by atoms with Crippen LogP contribution in [0.25, 0.3) is 10.6 Å². The Kier molecular flexibility index (Phi) is 4.34. The van der Waals surface area contributed by atoms with E-state index in [9.17, 15) is 17.6 Å². The maximum atomic E-state index is 13.1. The van der Waals surface area contributed by atoms with Gasteiger partial charge in [-0.3, -0.25) is 0 Å². The minimum Gasteiger partial charge on any atom is -0.312 e. The van der Waals surface area contributed by atoms with Crippen LogP contribution in [0.4, 0.5) is 17.6 Å². The minimum absolute atomic E-state index is 0.00830. The standard InChI is InChI=1S/C14H14F4N2S/c1-7(19-3)12-8(2)20-13(21-12)10-5-4-9(15)6-11(10)14(16,17)18/h4-7,19H,1-3H3. The van der Waals surface area contributed by atoms with Gasteiger partial charge in [-0.25, -0.2) is 9.37 Å². The lowest BCUT2D eigenvalue weighted by molar-refractivity contribution is -0.137. The molecule has 1 aromatic carbocycles. The second-order valence-electron chi connectivity index (χ2n) is 4.67. The number of benzene rings is 1. The fourth-order valence-electron chi connectivity index (χ4n) is 1.99. The second kappa shape index (κ2) is 5.73. The zero-order valence-corrected chi connectivity index (χ0v) is 12.5. The number of aryl methyl sites for hydroxylation is 1. The van der Waals surface area contributed by atoms with Gasteiger partial charge in [-0.15, -0.1) is 11.3 Å².